The van der Waals surface area contributed by atoms with Crippen molar-refractivity contribution in [3.63, 3.8) is 0 Å². The zero-order chi connectivity index (χ0) is 13.3. The summed E-state index contributed by atoms with van der Waals surface area (Å²) in [7, 11) is 0. The van der Waals surface area contributed by atoms with E-state index < -0.39 is 0 Å². The van der Waals surface area contributed by atoms with E-state index in [1.54, 1.807) is 0 Å². The quantitative estimate of drug-likeness (QED) is 0.510. The highest BCUT2D eigenvalue weighted by Crippen LogP contribution is 2.18. The first kappa shape index (κ1) is 16.7. The third-order valence-corrected chi connectivity index (χ3v) is 3.27. The summed E-state index contributed by atoms with van der Waals surface area (Å²) in [6, 6.07) is 0. The van der Waals surface area contributed by atoms with Crippen molar-refractivity contribution >= 4 is 5.78 Å². The SMILES string of the molecule is CC(C)CCC[C@@H](C)CCCC(=O)CC(C)C. The van der Waals surface area contributed by atoms with Crippen molar-refractivity contribution in [3.05, 3.63) is 0 Å². The summed E-state index contributed by atoms with van der Waals surface area (Å²) in [5, 5.41) is 0. The van der Waals surface area contributed by atoms with Crippen LogP contribution in [-0.4, -0.2) is 5.78 Å². The molecule has 0 aliphatic rings. The van der Waals surface area contributed by atoms with E-state index in [1.165, 1.54) is 25.7 Å². The Bertz CT molecular complexity index is 194. The average Bonchev–Trinajstić information content (AvgIpc) is 2.15. The largest absolute Gasteiger partial charge is 0.300 e. The first-order chi connectivity index (χ1) is 7.91. The minimum absolute atomic E-state index is 0.453. The molecule has 0 heterocycles. The summed E-state index contributed by atoms with van der Waals surface area (Å²) < 4.78 is 0. The van der Waals surface area contributed by atoms with Gasteiger partial charge in [-0.2, -0.15) is 0 Å². The molecule has 0 aliphatic carbocycles. The second kappa shape index (κ2) is 9.67. The lowest BCUT2D eigenvalue weighted by Crippen LogP contribution is -2.04. The van der Waals surface area contributed by atoms with Crippen LogP contribution in [0.15, 0.2) is 0 Å². The molecule has 0 bridgehead atoms. The summed E-state index contributed by atoms with van der Waals surface area (Å²) in [6.45, 7) is 11.1. The number of Topliss-reactive ketones (excluding diaryl/α,β-unsaturated/α-hetero) is 1. The van der Waals surface area contributed by atoms with E-state index in [0.29, 0.717) is 11.7 Å². The van der Waals surface area contributed by atoms with Crippen LogP contribution >= 0.6 is 0 Å². The predicted molar refractivity (Wildman–Crippen MR) is 76.2 cm³/mol. The van der Waals surface area contributed by atoms with Crippen molar-refractivity contribution in [1.82, 2.24) is 0 Å². The van der Waals surface area contributed by atoms with E-state index >= 15 is 0 Å². The molecule has 0 saturated carbocycles. The van der Waals surface area contributed by atoms with E-state index in [2.05, 4.69) is 34.6 Å². The van der Waals surface area contributed by atoms with E-state index in [1.807, 2.05) is 0 Å². The van der Waals surface area contributed by atoms with Crippen LogP contribution in [0.2, 0.25) is 0 Å². The molecule has 0 saturated heterocycles. The fraction of sp³-hybridized carbons (Fsp3) is 0.938. The highest BCUT2D eigenvalue weighted by molar-refractivity contribution is 5.78. The van der Waals surface area contributed by atoms with Gasteiger partial charge in [-0.1, -0.05) is 60.3 Å². The summed E-state index contributed by atoms with van der Waals surface area (Å²) in [5.74, 6) is 2.59. The molecular weight excluding hydrogens is 208 g/mol. The van der Waals surface area contributed by atoms with Crippen LogP contribution in [0.1, 0.15) is 79.6 Å². The molecule has 0 spiro atoms. The number of rotatable bonds is 10. The first-order valence-electron chi connectivity index (χ1n) is 7.43. The molecule has 0 aromatic carbocycles. The van der Waals surface area contributed by atoms with Gasteiger partial charge in [-0.3, -0.25) is 4.79 Å². The molecule has 0 unspecified atom stereocenters. The van der Waals surface area contributed by atoms with Gasteiger partial charge in [0.25, 0.3) is 0 Å². The Morgan fingerprint density at radius 2 is 1.41 bits per heavy atom. The van der Waals surface area contributed by atoms with Crippen molar-refractivity contribution < 1.29 is 4.79 Å². The molecule has 1 atom stereocenters. The van der Waals surface area contributed by atoms with E-state index in [0.717, 1.165) is 31.1 Å². The maximum atomic E-state index is 11.5. The Labute approximate surface area is 108 Å². The van der Waals surface area contributed by atoms with E-state index in [4.69, 9.17) is 0 Å². The molecule has 0 amide bonds. The Morgan fingerprint density at radius 3 is 1.94 bits per heavy atom. The Kier molecular flexibility index (Phi) is 9.49. The van der Waals surface area contributed by atoms with Crippen molar-refractivity contribution in [2.75, 3.05) is 0 Å². The third-order valence-electron chi connectivity index (χ3n) is 3.27. The van der Waals surface area contributed by atoms with Gasteiger partial charge in [-0.05, 0) is 24.2 Å². The van der Waals surface area contributed by atoms with Gasteiger partial charge in [0.1, 0.15) is 5.78 Å². The standard InChI is InChI=1S/C16H32O/c1-13(2)8-6-9-15(5)10-7-11-16(17)12-14(3)4/h13-15H,6-12H2,1-5H3/t15-/m1/s1. The molecule has 0 N–H and O–H groups in total. The van der Waals surface area contributed by atoms with Crippen molar-refractivity contribution in [1.29, 1.82) is 0 Å². The van der Waals surface area contributed by atoms with Crippen molar-refractivity contribution in [3.8, 4) is 0 Å². The number of hydrogen-bond acceptors (Lipinski definition) is 1. The first-order valence-corrected chi connectivity index (χ1v) is 7.43. The van der Waals surface area contributed by atoms with Gasteiger partial charge in [0.2, 0.25) is 0 Å². The Morgan fingerprint density at radius 1 is 0.824 bits per heavy atom. The summed E-state index contributed by atoms with van der Waals surface area (Å²) >= 11 is 0. The second-order valence-electron chi connectivity index (χ2n) is 6.46. The molecule has 0 fully saturated rings. The molecule has 17 heavy (non-hydrogen) atoms. The highest BCUT2D eigenvalue weighted by atomic mass is 16.1. The minimum atomic E-state index is 0.453. The molecule has 1 nitrogen and oxygen atoms in total. The predicted octanol–water partition coefficient (Wildman–Crippen LogP) is 5.23. The Hall–Kier alpha value is -0.330. The number of hydrogen-bond donors (Lipinski definition) is 0. The molecule has 0 aromatic heterocycles. The number of carbonyl (C=O) groups is 1. The van der Waals surface area contributed by atoms with Crippen LogP contribution in [0.25, 0.3) is 0 Å². The van der Waals surface area contributed by atoms with Gasteiger partial charge < -0.3 is 0 Å². The maximum Gasteiger partial charge on any atom is 0.133 e. The lowest BCUT2D eigenvalue weighted by atomic mass is 9.94. The summed E-state index contributed by atoms with van der Waals surface area (Å²) in [4.78, 5) is 11.5. The van der Waals surface area contributed by atoms with Gasteiger partial charge in [-0.15, -0.1) is 0 Å². The molecule has 0 aromatic rings. The third kappa shape index (κ3) is 11.9. The molecule has 0 radical (unpaired) electrons. The molecule has 0 aliphatic heterocycles. The lowest BCUT2D eigenvalue weighted by Gasteiger charge is -2.12. The zero-order valence-electron chi connectivity index (χ0n) is 12.6. The van der Waals surface area contributed by atoms with E-state index in [-0.39, 0.29) is 0 Å². The zero-order valence-corrected chi connectivity index (χ0v) is 12.6. The topological polar surface area (TPSA) is 17.1 Å². The smallest absolute Gasteiger partial charge is 0.133 e. The van der Waals surface area contributed by atoms with Crippen LogP contribution < -0.4 is 0 Å². The van der Waals surface area contributed by atoms with Gasteiger partial charge in [-0.25, -0.2) is 0 Å². The van der Waals surface area contributed by atoms with Crippen LogP contribution in [0.5, 0.6) is 0 Å². The maximum absolute atomic E-state index is 11.5. The molecule has 102 valence electrons. The fourth-order valence-electron chi connectivity index (χ4n) is 2.22. The average molecular weight is 240 g/mol. The normalized spacial score (nSPS) is 13.4. The fourth-order valence-corrected chi connectivity index (χ4v) is 2.22. The van der Waals surface area contributed by atoms with E-state index in [9.17, 15) is 4.79 Å². The molecule has 1 heteroatoms. The second-order valence-corrected chi connectivity index (χ2v) is 6.46. The summed E-state index contributed by atoms with van der Waals surface area (Å²) in [5.41, 5.74) is 0. The monoisotopic (exact) mass is 240 g/mol. The number of ketones is 1. The number of carbonyl (C=O) groups excluding carboxylic acids is 1. The summed E-state index contributed by atoms with van der Waals surface area (Å²) in [6.07, 6.45) is 7.90. The lowest BCUT2D eigenvalue weighted by molar-refractivity contribution is -0.119. The highest BCUT2D eigenvalue weighted by Gasteiger charge is 2.07. The minimum Gasteiger partial charge on any atom is -0.300 e. The Balaban J connectivity index is 3.44. The van der Waals surface area contributed by atoms with Gasteiger partial charge in [0.15, 0.2) is 0 Å². The van der Waals surface area contributed by atoms with Crippen LogP contribution in [0, 0.1) is 17.8 Å². The van der Waals surface area contributed by atoms with Crippen molar-refractivity contribution in [2.24, 2.45) is 17.8 Å². The van der Waals surface area contributed by atoms with Crippen LogP contribution in [0.4, 0.5) is 0 Å². The van der Waals surface area contributed by atoms with Crippen molar-refractivity contribution in [2.45, 2.75) is 79.6 Å². The van der Waals surface area contributed by atoms with Crippen LogP contribution in [-0.2, 0) is 4.79 Å². The van der Waals surface area contributed by atoms with Gasteiger partial charge in [0.05, 0.1) is 0 Å². The molecule has 0 rings (SSSR count). The van der Waals surface area contributed by atoms with Gasteiger partial charge >= 0.3 is 0 Å². The van der Waals surface area contributed by atoms with Gasteiger partial charge in [0, 0.05) is 12.8 Å². The molecular formula is C16H32O. The van der Waals surface area contributed by atoms with Crippen LogP contribution in [0.3, 0.4) is 0 Å².